The fourth-order valence-electron chi connectivity index (χ4n) is 5.05. The zero-order valence-corrected chi connectivity index (χ0v) is 17.8. The number of nitrogens with zero attached hydrogens (tertiary/aromatic N) is 3. The number of methoxy groups -OCH3 is 1. The molecule has 3 aliphatic rings. The summed E-state index contributed by atoms with van der Waals surface area (Å²) in [7, 11) is 3.34. The summed E-state index contributed by atoms with van der Waals surface area (Å²) < 4.78 is 16.6. The van der Waals surface area contributed by atoms with Crippen molar-refractivity contribution in [3.8, 4) is 5.75 Å². The fraction of sp³-hybridized carbons (Fsp3) is 0.435. The molecule has 1 spiro atoms. The van der Waals surface area contributed by atoms with Crippen LogP contribution in [0.15, 0.2) is 47.0 Å². The molecule has 1 aromatic heterocycles. The summed E-state index contributed by atoms with van der Waals surface area (Å²) in [6, 6.07) is 9.47. The summed E-state index contributed by atoms with van der Waals surface area (Å²) >= 11 is 0. The fourth-order valence-corrected chi connectivity index (χ4v) is 5.05. The van der Waals surface area contributed by atoms with Crippen molar-refractivity contribution in [2.24, 2.45) is 11.8 Å². The summed E-state index contributed by atoms with van der Waals surface area (Å²) in [6.45, 7) is 3.02. The molecule has 3 aliphatic heterocycles. The van der Waals surface area contributed by atoms with Crippen LogP contribution in [0.3, 0.4) is 0 Å². The monoisotopic (exact) mass is 423 g/mol. The average Bonchev–Trinajstić information content (AvgIpc) is 3.50. The van der Waals surface area contributed by atoms with Gasteiger partial charge in [0.15, 0.2) is 0 Å². The SMILES string of the molecule is COc1cccc(CN2C[C@]34C=C[C@H](O3)[C@@H](C(=O)N(C)Cc3cc(C)on3)[C@@H]4C2=O)c1. The summed E-state index contributed by atoms with van der Waals surface area (Å²) in [5.41, 5.74) is 0.927. The van der Waals surface area contributed by atoms with Gasteiger partial charge in [0, 0.05) is 19.7 Å². The van der Waals surface area contributed by atoms with Gasteiger partial charge < -0.3 is 23.8 Å². The lowest BCUT2D eigenvalue weighted by Gasteiger charge is -2.27. The Kier molecular flexibility index (Phi) is 4.62. The van der Waals surface area contributed by atoms with E-state index in [9.17, 15) is 9.59 Å². The van der Waals surface area contributed by atoms with Crippen LogP contribution in [0.1, 0.15) is 17.0 Å². The van der Waals surface area contributed by atoms with Crippen molar-refractivity contribution in [2.45, 2.75) is 31.7 Å². The average molecular weight is 423 g/mol. The van der Waals surface area contributed by atoms with Crippen LogP contribution in [-0.2, 0) is 27.4 Å². The Morgan fingerprint density at radius 2 is 2.23 bits per heavy atom. The first kappa shape index (κ1) is 19.8. The summed E-state index contributed by atoms with van der Waals surface area (Å²) in [6.07, 6.45) is 3.52. The second-order valence-corrected chi connectivity index (χ2v) is 8.57. The van der Waals surface area contributed by atoms with Crippen molar-refractivity contribution in [1.82, 2.24) is 15.0 Å². The van der Waals surface area contributed by atoms with E-state index in [2.05, 4.69) is 5.16 Å². The van der Waals surface area contributed by atoms with Crippen molar-refractivity contribution < 1.29 is 23.6 Å². The molecular formula is C23H25N3O5. The number of ether oxygens (including phenoxy) is 2. The topological polar surface area (TPSA) is 85.1 Å². The third kappa shape index (κ3) is 3.22. The predicted molar refractivity (Wildman–Crippen MR) is 110 cm³/mol. The molecule has 2 bridgehead atoms. The van der Waals surface area contributed by atoms with Crippen LogP contribution in [0, 0.1) is 18.8 Å². The first-order valence-electron chi connectivity index (χ1n) is 10.4. The lowest BCUT2D eigenvalue weighted by molar-refractivity contribution is -0.143. The zero-order chi connectivity index (χ0) is 21.8. The Balaban J connectivity index is 1.35. The highest BCUT2D eigenvalue weighted by atomic mass is 16.5. The number of hydrogen-bond donors (Lipinski definition) is 0. The number of aryl methyl sites for hydroxylation is 1. The number of amides is 2. The zero-order valence-electron chi connectivity index (χ0n) is 17.8. The van der Waals surface area contributed by atoms with Gasteiger partial charge in [0.1, 0.15) is 22.8 Å². The predicted octanol–water partition coefficient (Wildman–Crippen LogP) is 1.93. The van der Waals surface area contributed by atoms with Crippen molar-refractivity contribution in [1.29, 1.82) is 0 Å². The molecule has 8 heteroatoms. The quantitative estimate of drug-likeness (QED) is 0.660. The molecule has 8 nitrogen and oxygen atoms in total. The second kappa shape index (κ2) is 7.23. The van der Waals surface area contributed by atoms with Crippen LogP contribution in [0.2, 0.25) is 0 Å². The molecule has 2 fully saturated rings. The molecule has 1 aromatic carbocycles. The number of benzene rings is 1. The van der Waals surface area contributed by atoms with Crippen molar-refractivity contribution in [3.63, 3.8) is 0 Å². The number of likely N-dealkylation sites (tertiary alicyclic amines) is 1. The van der Waals surface area contributed by atoms with Crippen LogP contribution in [0.5, 0.6) is 5.75 Å². The molecule has 0 unspecified atom stereocenters. The molecule has 4 heterocycles. The van der Waals surface area contributed by atoms with Gasteiger partial charge in [0.2, 0.25) is 11.8 Å². The molecule has 162 valence electrons. The molecule has 31 heavy (non-hydrogen) atoms. The number of hydrogen-bond acceptors (Lipinski definition) is 6. The van der Waals surface area contributed by atoms with Crippen LogP contribution in [0.4, 0.5) is 0 Å². The van der Waals surface area contributed by atoms with E-state index in [4.69, 9.17) is 14.0 Å². The minimum Gasteiger partial charge on any atom is -0.497 e. The van der Waals surface area contributed by atoms with Gasteiger partial charge in [-0.05, 0) is 24.6 Å². The van der Waals surface area contributed by atoms with Gasteiger partial charge in [0.25, 0.3) is 0 Å². The van der Waals surface area contributed by atoms with E-state index in [1.54, 1.807) is 30.0 Å². The van der Waals surface area contributed by atoms with E-state index >= 15 is 0 Å². The van der Waals surface area contributed by atoms with Crippen LogP contribution < -0.4 is 4.74 Å². The van der Waals surface area contributed by atoms with Gasteiger partial charge in [-0.3, -0.25) is 9.59 Å². The maximum atomic E-state index is 13.4. The van der Waals surface area contributed by atoms with Gasteiger partial charge in [0.05, 0.1) is 38.1 Å². The molecule has 0 radical (unpaired) electrons. The molecular weight excluding hydrogens is 398 g/mol. The van der Waals surface area contributed by atoms with Crippen molar-refractivity contribution in [3.05, 3.63) is 59.5 Å². The Morgan fingerprint density at radius 3 is 2.97 bits per heavy atom. The summed E-state index contributed by atoms with van der Waals surface area (Å²) in [5.74, 6) is 0.238. The number of carbonyl (C=O) groups excluding carboxylic acids is 2. The van der Waals surface area contributed by atoms with Gasteiger partial charge in [-0.25, -0.2) is 0 Å². The van der Waals surface area contributed by atoms with Crippen LogP contribution in [0.25, 0.3) is 0 Å². The third-order valence-electron chi connectivity index (χ3n) is 6.42. The lowest BCUT2D eigenvalue weighted by Crippen LogP contribution is -2.44. The number of aromatic nitrogens is 1. The smallest absolute Gasteiger partial charge is 0.230 e. The van der Waals surface area contributed by atoms with Gasteiger partial charge in [-0.1, -0.05) is 29.4 Å². The van der Waals surface area contributed by atoms with E-state index in [1.165, 1.54) is 0 Å². The number of rotatable bonds is 6. The molecule has 4 atom stereocenters. The Labute approximate surface area is 180 Å². The van der Waals surface area contributed by atoms with E-state index in [0.29, 0.717) is 31.1 Å². The van der Waals surface area contributed by atoms with E-state index in [-0.39, 0.29) is 17.9 Å². The summed E-state index contributed by atoms with van der Waals surface area (Å²) in [5, 5.41) is 3.97. The molecule has 0 aliphatic carbocycles. The minimum atomic E-state index is -0.730. The van der Waals surface area contributed by atoms with E-state index in [0.717, 1.165) is 11.3 Å². The molecule has 2 saturated heterocycles. The highest BCUT2D eigenvalue weighted by Crippen LogP contribution is 2.52. The third-order valence-corrected chi connectivity index (χ3v) is 6.42. The largest absolute Gasteiger partial charge is 0.497 e. The Bertz CT molecular complexity index is 1060. The standard InChI is InChI=1S/C23H25N3O5/c1-14-9-16(24-31-14)12-25(2)21(27)19-18-7-8-23(30-18)13-26(22(28)20(19)23)11-15-5-4-6-17(10-15)29-3/h4-10,18-20H,11-13H2,1-3H3/t18-,19+,20+,23-/m0/s1. The van der Waals surface area contributed by atoms with E-state index < -0.39 is 17.4 Å². The molecule has 0 N–H and O–H groups in total. The highest BCUT2D eigenvalue weighted by molar-refractivity contribution is 5.93. The van der Waals surface area contributed by atoms with Gasteiger partial charge in [-0.2, -0.15) is 0 Å². The maximum absolute atomic E-state index is 13.4. The van der Waals surface area contributed by atoms with Crippen molar-refractivity contribution in [2.75, 3.05) is 20.7 Å². The highest BCUT2D eigenvalue weighted by Gasteiger charge is 2.67. The Morgan fingerprint density at radius 1 is 1.39 bits per heavy atom. The molecule has 5 rings (SSSR count). The Hall–Kier alpha value is -3.13. The number of fused-ring (bicyclic) bond motifs is 1. The summed E-state index contributed by atoms with van der Waals surface area (Å²) in [4.78, 5) is 30.1. The molecule has 2 amide bonds. The van der Waals surface area contributed by atoms with Crippen LogP contribution in [-0.4, -0.2) is 59.2 Å². The number of carbonyl (C=O) groups is 2. The maximum Gasteiger partial charge on any atom is 0.230 e. The lowest BCUT2D eigenvalue weighted by atomic mass is 9.76. The molecule has 2 aromatic rings. The molecule has 0 saturated carbocycles. The van der Waals surface area contributed by atoms with Crippen molar-refractivity contribution >= 4 is 11.8 Å². The first-order chi connectivity index (χ1) is 14.9. The minimum absolute atomic E-state index is 0.0429. The van der Waals surface area contributed by atoms with Gasteiger partial charge >= 0.3 is 0 Å². The van der Waals surface area contributed by atoms with Gasteiger partial charge in [-0.15, -0.1) is 0 Å². The second-order valence-electron chi connectivity index (χ2n) is 8.57. The van der Waals surface area contributed by atoms with E-state index in [1.807, 2.05) is 43.3 Å². The normalized spacial score (nSPS) is 28.3. The van der Waals surface area contributed by atoms with Crippen LogP contribution >= 0.6 is 0 Å². The first-order valence-corrected chi connectivity index (χ1v) is 10.4.